The highest BCUT2D eigenvalue weighted by Gasteiger charge is 2.28. The average molecular weight is 358 g/mol. The Labute approximate surface area is 140 Å². The lowest BCUT2D eigenvalue weighted by molar-refractivity contribution is -0.120. The van der Waals surface area contributed by atoms with Gasteiger partial charge in [0.15, 0.2) is 0 Å². The fourth-order valence-corrected chi connectivity index (χ4v) is 5.93. The second-order valence-corrected chi connectivity index (χ2v) is 9.28. The van der Waals surface area contributed by atoms with Crippen molar-refractivity contribution in [3.8, 4) is 0 Å². The van der Waals surface area contributed by atoms with Crippen molar-refractivity contribution in [3.05, 3.63) is 17.0 Å². The topological polar surface area (TPSA) is 75.7 Å². The van der Waals surface area contributed by atoms with Gasteiger partial charge in [-0.1, -0.05) is 0 Å². The number of ether oxygens (including phenoxy) is 1. The number of amides is 1. The van der Waals surface area contributed by atoms with Crippen LogP contribution >= 0.6 is 11.3 Å². The molecule has 2 aliphatic rings. The van der Waals surface area contributed by atoms with Crippen LogP contribution in [0.25, 0.3) is 0 Å². The maximum absolute atomic E-state index is 12.5. The second kappa shape index (κ2) is 7.29. The first kappa shape index (κ1) is 16.9. The van der Waals surface area contributed by atoms with Crippen LogP contribution < -0.4 is 5.32 Å². The van der Waals surface area contributed by atoms with Crippen molar-refractivity contribution < 1.29 is 17.9 Å². The monoisotopic (exact) mass is 358 g/mol. The lowest BCUT2D eigenvalue weighted by Gasteiger charge is -2.13. The van der Waals surface area contributed by atoms with Gasteiger partial charge in [0, 0.05) is 31.1 Å². The second-order valence-electron chi connectivity index (χ2n) is 5.95. The first-order chi connectivity index (χ1) is 11.1. The normalized spacial score (nSPS) is 22.5. The summed E-state index contributed by atoms with van der Waals surface area (Å²) in [6.07, 6.45) is 4.20. The lowest BCUT2D eigenvalue weighted by Crippen LogP contribution is -2.32. The molecule has 0 bridgehead atoms. The molecule has 0 aromatic carbocycles. The van der Waals surface area contributed by atoms with Gasteiger partial charge in [-0.2, -0.15) is 4.31 Å². The van der Waals surface area contributed by atoms with Crippen molar-refractivity contribution in [2.45, 2.75) is 42.4 Å². The molecule has 3 heterocycles. The van der Waals surface area contributed by atoms with E-state index in [1.165, 1.54) is 15.6 Å². The van der Waals surface area contributed by atoms with Crippen LogP contribution in [0.5, 0.6) is 0 Å². The molecule has 2 fully saturated rings. The summed E-state index contributed by atoms with van der Waals surface area (Å²) in [5.74, 6) is -0.0903. The lowest BCUT2D eigenvalue weighted by atomic mass is 10.2. The zero-order valence-corrected chi connectivity index (χ0v) is 14.6. The molecule has 1 aromatic heterocycles. The Morgan fingerprint density at radius 3 is 2.78 bits per heavy atom. The molecule has 128 valence electrons. The maximum Gasteiger partial charge on any atom is 0.252 e. The molecule has 23 heavy (non-hydrogen) atoms. The molecule has 3 rings (SSSR count). The largest absolute Gasteiger partial charge is 0.376 e. The van der Waals surface area contributed by atoms with E-state index in [9.17, 15) is 13.2 Å². The number of carbonyl (C=O) groups excluding carboxylic acids is 1. The number of thiophene rings is 1. The predicted molar refractivity (Wildman–Crippen MR) is 88.0 cm³/mol. The summed E-state index contributed by atoms with van der Waals surface area (Å²) in [5, 5.41) is 2.86. The van der Waals surface area contributed by atoms with Gasteiger partial charge >= 0.3 is 0 Å². The Morgan fingerprint density at radius 2 is 2.09 bits per heavy atom. The number of carbonyl (C=O) groups is 1. The quantitative estimate of drug-likeness (QED) is 0.833. The third kappa shape index (κ3) is 4.12. The first-order valence-corrected chi connectivity index (χ1v) is 10.3. The molecule has 0 radical (unpaired) electrons. The van der Waals surface area contributed by atoms with Gasteiger partial charge < -0.3 is 10.1 Å². The molecule has 2 aliphatic heterocycles. The van der Waals surface area contributed by atoms with Gasteiger partial charge in [-0.25, -0.2) is 8.42 Å². The molecule has 1 N–H and O–H groups in total. The Balaban J connectivity index is 1.55. The summed E-state index contributed by atoms with van der Waals surface area (Å²) < 4.78 is 32.2. The number of rotatable bonds is 6. The van der Waals surface area contributed by atoms with E-state index in [4.69, 9.17) is 4.74 Å². The van der Waals surface area contributed by atoms with Gasteiger partial charge in [0.05, 0.1) is 12.5 Å². The molecule has 1 unspecified atom stereocenters. The van der Waals surface area contributed by atoms with E-state index in [2.05, 4.69) is 5.32 Å². The number of hydrogen-bond acceptors (Lipinski definition) is 5. The van der Waals surface area contributed by atoms with E-state index in [-0.39, 0.29) is 18.4 Å². The minimum absolute atomic E-state index is 0.0903. The fraction of sp³-hybridized carbons (Fsp3) is 0.667. The van der Waals surface area contributed by atoms with Gasteiger partial charge in [-0.15, -0.1) is 11.3 Å². The van der Waals surface area contributed by atoms with Crippen LogP contribution in [0.1, 0.15) is 30.6 Å². The van der Waals surface area contributed by atoms with Crippen LogP contribution in [0.15, 0.2) is 16.3 Å². The number of nitrogens with one attached hydrogen (secondary N) is 1. The summed E-state index contributed by atoms with van der Waals surface area (Å²) in [7, 11) is -3.38. The van der Waals surface area contributed by atoms with Crippen LogP contribution in [-0.2, 0) is 26.0 Å². The molecule has 8 heteroatoms. The number of nitrogens with zero attached hydrogens (tertiary/aromatic N) is 1. The summed E-state index contributed by atoms with van der Waals surface area (Å²) >= 11 is 1.19. The van der Waals surface area contributed by atoms with Crippen LogP contribution in [0.4, 0.5) is 0 Å². The molecular weight excluding hydrogens is 336 g/mol. The van der Waals surface area contributed by atoms with E-state index in [1.54, 1.807) is 12.1 Å². The Morgan fingerprint density at radius 1 is 1.30 bits per heavy atom. The molecule has 0 spiro atoms. The molecule has 1 amide bonds. The molecule has 2 saturated heterocycles. The third-order valence-corrected chi connectivity index (χ3v) is 7.63. The predicted octanol–water partition coefficient (Wildman–Crippen LogP) is 1.37. The van der Waals surface area contributed by atoms with E-state index in [0.717, 1.165) is 37.2 Å². The van der Waals surface area contributed by atoms with E-state index >= 15 is 0 Å². The standard InChI is InChI=1S/C15H22N2O4S2/c18-14(16-11-12-4-3-9-21-12)10-13-5-6-15(22-13)23(19,20)17-7-1-2-8-17/h5-6,12H,1-4,7-11H2,(H,16,18). The number of sulfonamides is 1. The Hall–Kier alpha value is -0.960. The summed E-state index contributed by atoms with van der Waals surface area (Å²) in [4.78, 5) is 12.7. The average Bonchev–Trinajstić information content (AvgIpc) is 3.26. The van der Waals surface area contributed by atoms with E-state index < -0.39 is 10.0 Å². The van der Waals surface area contributed by atoms with Crippen molar-refractivity contribution >= 4 is 27.3 Å². The van der Waals surface area contributed by atoms with Gasteiger partial charge in [-0.3, -0.25) is 4.79 Å². The third-order valence-electron chi connectivity index (χ3n) is 4.18. The summed E-state index contributed by atoms with van der Waals surface area (Å²) in [6.45, 7) is 2.49. The maximum atomic E-state index is 12.5. The van der Waals surface area contributed by atoms with Gasteiger partial charge in [-0.05, 0) is 37.8 Å². The smallest absolute Gasteiger partial charge is 0.252 e. The van der Waals surface area contributed by atoms with Crippen LogP contribution in [0, 0.1) is 0 Å². The van der Waals surface area contributed by atoms with Crippen molar-refractivity contribution in [3.63, 3.8) is 0 Å². The highest BCUT2D eigenvalue weighted by molar-refractivity contribution is 7.91. The Bertz CT molecular complexity index is 644. The minimum Gasteiger partial charge on any atom is -0.376 e. The number of hydrogen-bond donors (Lipinski definition) is 1. The Kier molecular flexibility index (Phi) is 5.35. The molecule has 0 aliphatic carbocycles. The van der Waals surface area contributed by atoms with Crippen LogP contribution in [-0.4, -0.2) is 51.0 Å². The van der Waals surface area contributed by atoms with Gasteiger partial charge in [0.2, 0.25) is 5.91 Å². The molecular formula is C15H22N2O4S2. The molecule has 0 saturated carbocycles. The highest BCUT2D eigenvalue weighted by atomic mass is 32.2. The SMILES string of the molecule is O=C(Cc1ccc(S(=O)(=O)N2CCCC2)s1)NCC1CCCO1. The van der Waals surface area contributed by atoms with Crippen molar-refractivity contribution in [2.24, 2.45) is 0 Å². The van der Waals surface area contributed by atoms with Gasteiger partial charge in [0.25, 0.3) is 10.0 Å². The van der Waals surface area contributed by atoms with E-state index in [0.29, 0.717) is 23.8 Å². The molecule has 1 aromatic rings. The van der Waals surface area contributed by atoms with Gasteiger partial charge in [0.1, 0.15) is 4.21 Å². The fourth-order valence-electron chi connectivity index (χ4n) is 2.90. The van der Waals surface area contributed by atoms with E-state index in [1.807, 2.05) is 0 Å². The highest BCUT2D eigenvalue weighted by Crippen LogP contribution is 2.27. The van der Waals surface area contributed by atoms with Crippen LogP contribution in [0.2, 0.25) is 0 Å². The minimum atomic E-state index is -3.38. The van der Waals surface area contributed by atoms with Crippen molar-refractivity contribution in [1.82, 2.24) is 9.62 Å². The zero-order chi connectivity index (χ0) is 16.3. The van der Waals surface area contributed by atoms with Crippen LogP contribution in [0.3, 0.4) is 0 Å². The first-order valence-electron chi connectivity index (χ1n) is 8.03. The molecule has 1 atom stereocenters. The summed E-state index contributed by atoms with van der Waals surface area (Å²) in [6, 6.07) is 3.35. The summed E-state index contributed by atoms with van der Waals surface area (Å²) in [5.41, 5.74) is 0. The van der Waals surface area contributed by atoms with Crippen molar-refractivity contribution in [2.75, 3.05) is 26.2 Å². The zero-order valence-electron chi connectivity index (χ0n) is 13.0. The van der Waals surface area contributed by atoms with Crippen molar-refractivity contribution in [1.29, 1.82) is 0 Å². The molecule has 6 nitrogen and oxygen atoms in total.